The third-order valence-electron chi connectivity index (χ3n) is 2.78. The number of benzene rings is 1. The van der Waals surface area contributed by atoms with Crippen LogP contribution in [0.2, 0.25) is 0 Å². The quantitative estimate of drug-likeness (QED) is 0.617. The Morgan fingerprint density at radius 1 is 1.44 bits per heavy atom. The van der Waals surface area contributed by atoms with Crippen molar-refractivity contribution in [3.8, 4) is 5.75 Å². The molecular formula is C13H19NO4. The summed E-state index contributed by atoms with van der Waals surface area (Å²) in [5, 5.41) is 22.6. The number of carbonyl (C=O) groups is 1. The van der Waals surface area contributed by atoms with E-state index in [0.717, 1.165) is 0 Å². The molecule has 0 aliphatic heterocycles. The molecule has 0 saturated carbocycles. The average Bonchev–Trinajstić information content (AvgIpc) is 2.42. The topological polar surface area (TPSA) is 78.8 Å². The minimum atomic E-state index is -1.01. The van der Waals surface area contributed by atoms with Crippen molar-refractivity contribution in [3.63, 3.8) is 0 Å². The van der Waals surface area contributed by atoms with E-state index in [1.807, 2.05) is 0 Å². The van der Waals surface area contributed by atoms with Crippen molar-refractivity contribution < 1.29 is 19.7 Å². The third-order valence-corrected chi connectivity index (χ3v) is 2.78. The van der Waals surface area contributed by atoms with Crippen molar-refractivity contribution in [1.29, 1.82) is 0 Å². The highest BCUT2D eigenvalue weighted by Crippen LogP contribution is 2.24. The smallest absolute Gasteiger partial charge is 0.153 e. The van der Waals surface area contributed by atoms with Crippen molar-refractivity contribution in [1.82, 2.24) is 5.32 Å². The second kappa shape index (κ2) is 7.10. The van der Waals surface area contributed by atoms with Crippen LogP contribution < -0.4 is 10.1 Å². The Balaban J connectivity index is 2.85. The van der Waals surface area contributed by atoms with Gasteiger partial charge in [-0.05, 0) is 37.7 Å². The van der Waals surface area contributed by atoms with Gasteiger partial charge in [0.05, 0.1) is 18.8 Å². The van der Waals surface area contributed by atoms with Crippen LogP contribution in [0, 0.1) is 0 Å². The van der Waals surface area contributed by atoms with Crippen molar-refractivity contribution >= 4 is 6.29 Å². The maximum absolute atomic E-state index is 10.9. The minimum Gasteiger partial charge on any atom is -0.496 e. The second-order valence-electron chi connectivity index (χ2n) is 4.02. The number of aldehydes is 1. The molecule has 0 amide bonds. The third kappa shape index (κ3) is 3.53. The zero-order chi connectivity index (χ0) is 13.5. The molecule has 0 heterocycles. The Hall–Kier alpha value is -1.43. The Morgan fingerprint density at radius 3 is 2.72 bits per heavy atom. The van der Waals surface area contributed by atoms with Gasteiger partial charge in [0.15, 0.2) is 6.29 Å². The lowest BCUT2D eigenvalue weighted by Crippen LogP contribution is -2.23. The van der Waals surface area contributed by atoms with Crippen molar-refractivity contribution in [2.75, 3.05) is 20.7 Å². The van der Waals surface area contributed by atoms with Crippen molar-refractivity contribution in [2.24, 2.45) is 0 Å². The fraction of sp³-hybridized carbons (Fsp3) is 0.462. The van der Waals surface area contributed by atoms with E-state index in [1.165, 1.54) is 13.2 Å². The monoisotopic (exact) mass is 253 g/mol. The summed E-state index contributed by atoms with van der Waals surface area (Å²) in [5.41, 5.74) is 0.858. The van der Waals surface area contributed by atoms with E-state index in [1.54, 1.807) is 19.2 Å². The molecule has 1 rings (SSSR count). The van der Waals surface area contributed by atoms with E-state index in [4.69, 9.17) is 4.74 Å². The minimum absolute atomic E-state index is 0.356. The second-order valence-corrected chi connectivity index (χ2v) is 4.02. The summed E-state index contributed by atoms with van der Waals surface area (Å²) in [4.78, 5) is 10.9. The number of methoxy groups -OCH3 is 1. The van der Waals surface area contributed by atoms with Gasteiger partial charge in [0.25, 0.3) is 0 Å². The summed E-state index contributed by atoms with van der Waals surface area (Å²) in [6.07, 6.45) is -0.789. The highest BCUT2D eigenvalue weighted by Gasteiger charge is 2.19. The number of aliphatic hydroxyl groups is 2. The first kappa shape index (κ1) is 14.6. The molecule has 1 aromatic rings. The molecular weight excluding hydrogens is 234 g/mol. The number of rotatable bonds is 7. The Morgan fingerprint density at radius 2 is 2.17 bits per heavy atom. The molecule has 2 atom stereocenters. The molecule has 0 aliphatic rings. The van der Waals surface area contributed by atoms with E-state index in [2.05, 4.69) is 5.32 Å². The van der Waals surface area contributed by atoms with Crippen LogP contribution in [-0.4, -0.2) is 43.3 Å². The van der Waals surface area contributed by atoms with Crippen molar-refractivity contribution in [2.45, 2.75) is 18.6 Å². The molecule has 1 aromatic carbocycles. The molecule has 0 fully saturated rings. The molecule has 2 unspecified atom stereocenters. The van der Waals surface area contributed by atoms with Crippen LogP contribution in [0.4, 0.5) is 0 Å². The predicted molar refractivity (Wildman–Crippen MR) is 67.9 cm³/mol. The number of nitrogens with one attached hydrogen (secondary N) is 1. The van der Waals surface area contributed by atoms with Gasteiger partial charge < -0.3 is 20.3 Å². The van der Waals surface area contributed by atoms with Gasteiger partial charge >= 0.3 is 0 Å². The van der Waals surface area contributed by atoms with E-state index >= 15 is 0 Å². The fourth-order valence-corrected chi connectivity index (χ4v) is 1.70. The van der Waals surface area contributed by atoms with Crippen LogP contribution in [0.25, 0.3) is 0 Å². The van der Waals surface area contributed by atoms with Crippen LogP contribution in [0.5, 0.6) is 5.75 Å². The summed E-state index contributed by atoms with van der Waals surface area (Å²) >= 11 is 0. The van der Waals surface area contributed by atoms with Gasteiger partial charge in [0.1, 0.15) is 11.9 Å². The molecule has 0 aromatic heterocycles. The SMILES string of the molecule is CNCCC(O)C(O)c1ccc(OC)c(C=O)c1. The maximum atomic E-state index is 10.9. The molecule has 0 bridgehead atoms. The first-order chi connectivity index (χ1) is 8.63. The van der Waals surface area contributed by atoms with Crippen LogP contribution in [0.15, 0.2) is 18.2 Å². The van der Waals surface area contributed by atoms with E-state index < -0.39 is 12.2 Å². The fourth-order valence-electron chi connectivity index (χ4n) is 1.70. The van der Waals surface area contributed by atoms with Crippen LogP contribution in [0.3, 0.4) is 0 Å². The zero-order valence-electron chi connectivity index (χ0n) is 10.6. The summed E-state index contributed by atoms with van der Waals surface area (Å²) < 4.78 is 5.01. The molecule has 18 heavy (non-hydrogen) atoms. The summed E-state index contributed by atoms with van der Waals surface area (Å²) in [6, 6.07) is 4.77. The highest BCUT2D eigenvalue weighted by molar-refractivity contribution is 5.79. The molecule has 0 saturated heterocycles. The lowest BCUT2D eigenvalue weighted by molar-refractivity contribution is 0.0140. The number of carbonyl (C=O) groups excluding carboxylic acids is 1. The predicted octanol–water partition coefficient (Wildman–Crippen LogP) is 0.512. The molecule has 5 nitrogen and oxygen atoms in total. The maximum Gasteiger partial charge on any atom is 0.153 e. The van der Waals surface area contributed by atoms with E-state index in [9.17, 15) is 15.0 Å². The molecule has 100 valence electrons. The zero-order valence-corrected chi connectivity index (χ0v) is 10.6. The molecule has 0 aliphatic carbocycles. The van der Waals surface area contributed by atoms with E-state index in [0.29, 0.717) is 36.1 Å². The van der Waals surface area contributed by atoms with Gasteiger partial charge in [-0.15, -0.1) is 0 Å². The first-order valence-corrected chi connectivity index (χ1v) is 5.77. The van der Waals surface area contributed by atoms with Gasteiger partial charge in [0, 0.05) is 0 Å². The van der Waals surface area contributed by atoms with Gasteiger partial charge in [-0.1, -0.05) is 6.07 Å². The average molecular weight is 253 g/mol. The number of ether oxygens (including phenoxy) is 1. The van der Waals surface area contributed by atoms with Gasteiger partial charge in [-0.3, -0.25) is 4.79 Å². The Kier molecular flexibility index (Phi) is 5.77. The summed E-state index contributed by atoms with van der Waals surface area (Å²) in [5.74, 6) is 0.450. The number of hydrogen-bond acceptors (Lipinski definition) is 5. The van der Waals surface area contributed by atoms with E-state index in [-0.39, 0.29) is 0 Å². The van der Waals surface area contributed by atoms with Crippen LogP contribution in [-0.2, 0) is 0 Å². The molecule has 5 heteroatoms. The van der Waals surface area contributed by atoms with Gasteiger partial charge in [-0.25, -0.2) is 0 Å². The normalized spacial score (nSPS) is 14.0. The van der Waals surface area contributed by atoms with Crippen LogP contribution in [0.1, 0.15) is 28.4 Å². The molecule has 0 radical (unpaired) electrons. The molecule has 3 N–H and O–H groups in total. The largest absolute Gasteiger partial charge is 0.496 e. The summed E-state index contributed by atoms with van der Waals surface area (Å²) in [6.45, 7) is 0.606. The standard InChI is InChI=1S/C13H19NO4/c1-14-6-5-11(16)13(17)9-3-4-12(18-2)10(7-9)8-15/h3-4,7-8,11,13-14,16-17H,5-6H2,1-2H3. The number of hydrogen-bond donors (Lipinski definition) is 3. The lowest BCUT2D eigenvalue weighted by atomic mass is 10.00. The Bertz CT molecular complexity index is 395. The first-order valence-electron chi connectivity index (χ1n) is 5.77. The van der Waals surface area contributed by atoms with Gasteiger partial charge in [-0.2, -0.15) is 0 Å². The van der Waals surface area contributed by atoms with Crippen LogP contribution >= 0.6 is 0 Å². The lowest BCUT2D eigenvalue weighted by Gasteiger charge is -2.18. The summed E-state index contributed by atoms with van der Waals surface area (Å²) in [7, 11) is 3.25. The number of aliphatic hydroxyl groups excluding tert-OH is 2. The van der Waals surface area contributed by atoms with Gasteiger partial charge in [0.2, 0.25) is 0 Å². The van der Waals surface area contributed by atoms with Crippen molar-refractivity contribution in [3.05, 3.63) is 29.3 Å². The highest BCUT2D eigenvalue weighted by atomic mass is 16.5. The molecule has 0 spiro atoms. The Labute approximate surface area is 106 Å².